The summed E-state index contributed by atoms with van der Waals surface area (Å²) in [6.07, 6.45) is 1.58. The highest BCUT2D eigenvalue weighted by Gasteiger charge is 2.09. The van der Waals surface area contributed by atoms with Crippen LogP contribution in [0, 0.1) is 0 Å². The van der Waals surface area contributed by atoms with Crippen LogP contribution < -0.4 is 10.2 Å². The molecule has 2 N–H and O–H groups in total. The van der Waals surface area contributed by atoms with Crippen LogP contribution in [0.3, 0.4) is 0 Å². The first-order valence-corrected chi connectivity index (χ1v) is 6.28. The van der Waals surface area contributed by atoms with Crippen molar-refractivity contribution in [2.24, 2.45) is 0 Å². The number of phenols is 1. The van der Waals surface area contributed by atoms with Crippen LogP contribution in [-0.4, -0.2) is 30.1 Å². The Kier molecular flexibility index (Phi) is 4.10. The molecule has 0 radical (unpaired) electrons. The third-order valence-corrected chi connectivity index (χ3v) is 2.98. The van der Waals surface area contributed by atoms with Gasteiger partial charge in [-0.2, -0.15) is 0 Å². The zero-order valence-electron chi connectivity index (χ0n) is 11.1. The molecule has 0 unspecified atom stereocenters. The number of amides is 1. The molecule has 1 amide bonds. The molecule has 0 bridgehead atoms. The summed E-state index contributed by atoms with van der Waals surface area (Å²) < 4.78 is 0. The Hall–Kier alpha value is -2.27. The standard InChI is InChI=1S/C14H14ClN3O2/c1-18(2)13-6-4-10(8-16-13)17-14(20)9-3-5-12(19)11(15)7-9/h3-8,19H,1-2H3,(H,17,20). The summed E-state index contributed by atoms with van der Waals surface area (Å²) in [5.74, 6) is 0.433. The molecule has 0 aliphatic rings. The molecule has 2 rings (SSSR count). The first-order valence-electron chi connectivity index (χ1n) is 5.90. The topological polar surface area (TPSA) is 65.5 Å². The van der Waals surface area contributed by atoms with Gasteiger partial charge in [-0.25, -0.2) is 4.98 Å². The van der Waals surface area contributed by atoms with Crippen molar-refractivity contribution < 1.29 is 9.90 Å². The van der Waals surface area contributed by atoms with Gasteiger partial charge in [0.2, 0.25) is 0 Å². The van der Waals surface area contributed by atoms with Gasteiger partial charge in [-0.15, -0.1) is 0 Å². The smallest absolute Gasteiger partial charge is 0.255 e. The van der Waals surface area contributed by atoms with E-state index in [1.54, 1.807) is 18.3 Å². The first-order chi connectivity index (χ1) is 9.47. The molecule has 0 aliphatic heterocycles. The van der Waals surface area contributed by atoms with Crippen molar-refractivity contribution in [3.63, 3.8) is 0 Å². The first kappa shape index (κ1) is 14.1. The van der Waals surface area contributed by atoms with Gasteiger partial charge in [0.05, 0.1) is 16.9 Å². The summed E-state index contributed by atoms with van der Waals surface area (Å²) in [6, 6.07) is 7.86. The molecule has 104 valence electrons. The summed E-state index contributed by atoms with van der Waals surface area (Å²) in [5, 5.41) is 12.2. The molecule has 6 heteroatoms. The molecule has 1 aromatic heterocycles. The number of carbonyl (C=O) groups is 1. The van der Waals surface area contributed by atoms with E-state index in [0.29, 0.717) is 11.3 Å². The molecule has 0 saturated carbocycles. The van der Waals surface area contributed by atoms with Gasteiger partial charge in [-0.3, -0.25) is 4.79 Å². The molecule has 2 aromatic rings. The maximum absolute atomic E-state index is 12.0. The van der Waals surface area contributed by atoms with Crippen LogP contribution in [0.15, 0.2) is 36.5 Å². The Bertz CT molecular complexity index is 627. The van der Waals surface area contributed by atoms with Crippen LogP contribution in [0.2, 0.25) is 5.02 Å². The average Bonchev–Trinajstić information content (AvgIpc) is 2.42. The van der Waals surface area contributed by atoms with Crippen molar-refractivity contribution >= 4 is 29.0 Å². The molecule has 0 spiro atoms. The van der Waals surface area contributed by atoms with Crippen LogP contribution in [-0.2, 0) is 0 Å². The number of hydrogen-bond acceptors (Lipinski definition) is 4. The van der Waals surface area contributed by atoms with Crippen LogP contribution in [0.1, 0.15) is 10.4 Å². The van der Waals surface area contributed by atoms with Crippen molar-refractivity contribution in [2.75, 3.05) is 24.3 Å². The van der Waals surface area contributed by atoms with E-state index < -0.39 is 0 Å². The number of phenolic OH excluding ortho intramolecular Hbond substituents is 1. The van der Waals surface area contributed by atoms with Gasteiger partial charge in [0.25, 0.3) is 5.91 Å². The minimum Gasteiger partial charge on any atom is -0.506 e. The minimum absolute atomic E-state index is 0.0554. The summed E-state index contributed by atoms with van der Waals surface area (Å²) in [7, 11) is 3.78. The third kappa shape index (κ3) is 3.19. The van der Waals surface area contributed by atoms with Crippen molar-refractivity contribution in [3.8, 4) is 5.75 Å². The molecular formula is C14H14ClN3O2. The number of benzene rings is 1. The molecule has 20 heavy (non-hydrogen) atoms. The van der Waals surface area contributed by atoms with Crippen LogP contribution in [0.5, 0.6) is 5.75 Å². The Morgan fingerprint density at radius 2 is 2.05 bits per heavy atom. The van der Waals surface area contributed by atoms with Crippen LogP contribution in [0.4, 0.5) is 11.5 Å². The SMILES string of the molecule is CN(C)c1ccc(NC(=O)c2ccc(O)c(Cl)c2)cn1. The lowest BCUT2D eigenvalue weighted by Gasteiger charge is -2.11. The van der Waals surface area contributed by atoms with Crippen LogP contribution >= 0.6 is 11.6 Å². The number of aromatic hydroxyl groups is 1. The molecule has 0 fully saturated rings. The maximum atomic E-state index is 12.0. The number of aromatic nitrogens is 1. The van der Waals surface area contributed by atoms with E-state index in [1.807, 2.05) is 19.0 Å². The predicted molar refractivity (Wildman–Crippen MR) is 79.6 cm³/mol. The van der Waals surface area contributed by atoms with Gasteiger partial charge in [0.15, 0.2) is 0 Å². The van der Waals surface area contributed by atoms with E-state index >= 15 is 0 Å². The second-order valence-electron chi connectivity index (χ2n) is 4.42. The van der Waals surface area contributed by atoms with Gasteiger partial charge in [0.1, 0.15) is 11.6 Å². The quantitative estimate of drug-likeness (QED) is 0.912. The summed E-state index contributed by atoms with van der Waals surface area (Å²) in [6.45, 7) is 0. The highest BCUT2D eigenvalue weighted by Crippen LogP contribution is 2.24. The second kappa shape index (κ2) is 5.79. The summed E-state index contributed by atoms with van der Waals surface area (Å²) >= 11 is 5.77. The number of carbonyl (C=O) groups excluding carboxylic acids is 1. The van der Waals surface area contributed by atoms with E-state index in [-0.39, 0.29) is 16.7 Å². The largest absolute Gasteiger partial charge is 0.506 e. The zero-order valence-corrected chi connectivity index (χ0v) is 11.8. The lowest BCUT2D eigenvalue weighted by Crippen LogP contribution is -2.13. The fraction of sp³-hybridized carbons (Fsp3) is 0.143. The van der Waals surface area contributed by atoms with E-state index in [9.17, 15) is 9.90 Å². The minimum atomic E-state index is -0.314. The van der Waals surface area contributed by atoms with Gasteiger partial charge in [-0.05, 0) is 30.3 Å². The summed E-state index contributed by atoms with van der Waals surface area (Å²) in [5.41, 5.74) is 0.953. The number of hydrogen-bond donors (Lipinski definition) is 2. The number of nitrogens with zero attached hydrogens (tertiary/aromatic N) is 2. The highest BCUT2D eigenvalue weighted by molar-refractivity contribution is 6.32. The number of nitrogens with one attached hydrogen (secondary N) is 1. The fourth-order valence-corrected chi connectivity index (χ4v) is 1.76. The molecule has 0 saturated heterocycles. The second-order valence-corrected chi connectivity index (χ2v) is 4.83. The van der Waals surface area contributed by atoms with Crippen LogP contribution in [0.25, 0.3) is 0 Å². The lowest BCUT2D eigenvalue weighted by molar-refractivity contribution is 0.102. The van der Waals surface area contributed by atoms with Gasteiger partial charge >= 0.3 is 0 Å². The average molecular weight is 292 g/mol. The lowest BCUT2D eigenvalue weighted by atomic mass is 10.2. The number of rotatable bonds is 3. The number of halogens is 1. The van der Waals surface area contributed by atoms with E-state index in [2.05, 4.69) is 10.3 Å². The third-order valence-electron chi connectivity index (χ3n) is 2.67. The van der Waals surface area contributed by atoms with Crippen molar-refractivity contribution in [2.45, 2.75) is 0 Å². The summed E-state index contributed by atoms with van der Waals surface area (Å²) in [4.78, 5) is 18.1. The van der Waals surface area contributed by atoms with Gasteiger partial charge < -0.3 is 15.3 Å². The Morgan fingerprint density at radius 3 is 2.60 bits per heavy atom. The van der Waals surface area contributed by atoms with E-state index in [1.165, 1.54) is 18.2 Å². The maximum Gasteiger partial charge on any atom is 0.255 e. The van der Waals surface area contributed by atoms with Gasteiger partial charge in [-0.1, -0.05) is 11.6 Å². The van der Waals surface area contributed by atoms with Gasteiger partial charge in [0, 0.05) is 19.7 Å². The fourth-order valence-electron chi connectivity index (χ4n) is 1.58. The molecule has 0 aliphatic carbocycles. The molecular weight excluding hydrogens is 278 g/mol. The van der Waals surface area contributed by atoms with E-state index in [0.717, 1.165) is 5.82 Å². The Balaban J connectivity index is 2.12. The zero-order chi connectivity index (χ0) is 14.7. The van der Waals surface area contributed by atoms with Crippen molar-refractivity contribution in [1.82, 2.24) is 4.98 Å². The highest BCUT2D eigenvalue weighted by atomic mass is 35.5. The number of pyridine rings is 1. The number of anilines is 2. The molecule has 0 atom stereocenters. The normalized spacial score (nSPS) is 10.2. The van der Waals surface area contributed by atoms with Crippen molar-refractivity contribution in [1.29, 1.82) is 0 Å². The predicted octanol–water partition coefficient (Wildman–Crippen LogP) is 2.76. The molecule has 5 nitrogen and oxygen atoms in total. The Labute approximate surface area is 121 Å². The Morgan fingerprint density at radius 1 is 1.30 bits per heavy atom. The monoisotopic (exact) mass is 291 g/mol. The van der Waals surface area contributed by atoms with E-state index in [4.69, 9.17) is 11.6 Å². The molecule has 1 aromatic carbocycles. The molecule has 1 heterocycles. The van der Waals surface area contributed by atoms with Crippen molar-refractivity contribution in [3.05, 3.63) is 47.1 Å².